The molecule has 0 bridgehead atoms. The summed E-state index contributed by atoms with van der Waals surface area (Å²) >= 11 is 1.58. The Morgan fingerprint density at radius 3 is 3.00 bits per heavy atom. The van der Waals surface area contributed by atoms with Gasteiger partial charge in [0.05, 0.1) is 17.7 Å². The van der Waals surface area contributed by atoms with E-state index in [-0.39, 0.29) is 0 Å². The molecule has 0 radical (unpaired) electrons. The highest BCUT2D eigenvalue weighted by molar-refractivity contribution is 7.09. The number of aliphatic hydroxyl groups is 1. The first-order valence-electron chi connectivity index (χ1n) is 3.80. The van der Waals surface area contributed by atoms with Gasteiger partial charge in [-0.25, -0.2) is 4.98 Å². The lowest BCUT2D eigenvalue weighted by Gasteiger charge is -2.05. The SMILES string of the molecule is COCC(O)Cc1nc(C)cs1. The number of aryl methyl sites for hydroxylation is 1. The van der Waals surface area contributed by atoms with Crippen molar-refractivity contribution in [3.05, 3.63) is 16.1 Å². The summed E-state index contributed by atoms with van der Waals surface area (Å²) in [5, 5.41) is 12.3. The molecule has 1 N–H and O–H groups in total. The van der Waals surface area contributed by atoms with E-state index in [0.29, 0.717) is 13.0 Å². The van der Waals surface area contributed by atoms with Crippen LogP contribution in [0.5, 0.6) is 0 Å². The van der Waals surface area contributed by atoms with Crippen LogP contribution in [0.1, 0.15) is 10.7 Å². The summed E-state index contributed by atoms with van der Waals surface area (Å²) in [6.07, 6.45) is 0.160. The van der Waals surface area contributed by atoms with Crippen molar-refractivity contribution in [2.75, 3.05) is 13.7 Å². The van der Waals surface area contributed by atoms with E-state index < -0.39 is 6.10 Å². The molecule has 3 nitrogen and oxygen atoms in total. The maximum absolute atomic E-state index is 9.35. The van der Waals surface area contributed by atoms with E-state index in [4.69, 9.17) is 4.74 Å². The normalized spacial score (nSPS) is 13.2. The van der Waals surface area contributed by atoms with Crippen LogP contribution in [0.15, 0.2) is 5.38 Å². The summed E-state index contributed by atoms with van der Waals surface area (Å²) in [6, 6.07) is 0. The highest BCUT2D eigenvalue weighted by atomic mass is 32.1. The Kier molecular flexibility index (Phi) is 3.65. The molecule has 0 aromatic carbocycles. The van der Waals surface area contributed by atoms with Crippen LogP contribution in [0.4, 0.5) is 0 Å². The van der Waals surface area contributed by atoms with E-state index in [1.165, 1.54) is 0 Å². The van der Waals surface area contributed by atoms with Crippen molar-refractivity contribution in [2.24, 2.45) is 0 Å². The van der Waals surface area contributed by atoms with Gasteiger partial charge in [0.2, 0.25) is 0 Å². The standard InChI is InChI=1S/C8H13NO2S/c1-6-5-12-8(9-6)3-7(10)4-11-2/h5,7,10H,3-4H2,1-2H3. The van der Waals surface area contributed by atoms with Gasteiger partial charge in [0.25, 0.3) is 0 Å². The summed E-state index contributed by atoms with van der Waals surface area (Å²) in [5.74, 6) is 0. The minimum Gasteiger partial charge on any atom is -0.390 e. The second-order valence-corrected chi connectivity index (χ2v) is 3.64. The molecule has 1 heterocycles. The van der Waals surface area contributed by atoms with E-state index in [2.05, 4.69) is 4.98 Å². The van der Waals surface area contributed by atoms with Crippen LogP contribution < -0.4 is 0 Å². The Morgan fingerprint density at radius 1 is 1.75 bits per heavy atom. The van der Waals surface area contributed by atoms with E-state index in [1.807, 2.05) is 12.3 Å². The van der Waals surface area contributed by atoms with Crippen molar-refractivity contribution in [3.8, 4) is 0 Å². The Hall–Kier alpha value is -0.450. The predicted octanol–water partition coefficient (Wildman–Crippen LogP) is 1.00. The summed E-state index contributed by atoms with van der Waals surface area (Å²) in [6.45, 7) is 2.32. The third-order valence-corrected chi connectivity index (χ3v) is 2.42. The highest BCUT2D eigenvalue weighted by Gasteiger charge is 2.07. The molecule has 0 saturated carbocycles. The molecular formula is C8H13NO2S. The molecule has 1 unspecified atom stereocenters. The molecule has 0 fully saturated rings. The van der Waals surface area contributed by atoms with Crippen LogP contribution in [-0.4, -0.2) is 29.9 Å². The lowest BCUT2D eigenvalue weighted by atomic mass is 10.3. The van der Waals surface area contributed by atoms with Crippen LogP contribution >= 0.6 is 11.3 Å². The predicted molar refractivity (Wildman–Crippen MR) is 48.4 cm³/mol. The molecule has 0 spiro atoms. The van der Waals surface area contributed by atoms with Gasteiger partial charge in [0.1, 0.15) is 0 Å². The molecule has 0 aliphatic rings. The van der Waals surface area contributed by atoms with Crippen molar-refractivity contribution in [2.45, 2.75) is 19.4 Å². The van der Waals surface area contributed by atoms with Gasteiger partial charge in [0.15, 0.2) is 0 Å². The first kappa shape index (κ1) is 9.64. The highest BCUT2D eigenvalue weighted by Crippen LogP contribution is 2.10. The number of rotatable bonds is 4. The van der Waals surface area contributed by atoms with Gasteiger partial charge in [-0.15, -0.1) is 11.3 Å². The molecule has 0 amide bonds. The molecule has 0 aliphatic heterocycles. The van der Waals surface area contributed by atoms with Crippen LogP contribution in [0.25, 0.3) is 0 Å². The van der Waals surface area contributed by atoms with Crippen molar-refractivity contribution < 1.29 is 9.84 Å². The summed E-state index contributed by atoms with van der Waals surface area (Å²) < 4.78 is 4.81. The quantitative estimate of drug-likeness (QED) is 0.764. The molecular weight excluding hydrogens is 174 g/mol. The lowest BCUT2D eigenvalue weighted by molar-refractivity contribution is 0.0650. The van der Waals surface area contributed by atoms with Gasteiger partial charge < -0.3 is 9.84 Å². The second kappa shape index (κ2) is 4.54. The number of nitrogens with zero attached hydrogens (tertiary/aromatic N) is 1. The van der Waals surface area contributed by atoms with Gasteiger partial charge in [0, 0.05) is 24.6 Å². The van der Waals surface area contributed by atoms with Crippen LogP contribution in [0, 0.1) is 6.92 Å². The number of thiazole rings is 1. The Bertz CT molecular complexity index is 237. The van der Waals surface area contributed by atoms with Gasteiger partial charge in [-0.1, -0.05) is 0 Å². The number of aliphatic hydroxyl groups excluding tert-OH is 1. The Balaban J connectivity index is 2.41. The van der Waals surface area contributed by atoms with Crippen molar-refractivity contribution in [1.82, 2.24) is 4.98 Å². The number of hydrogen-bond acceptors (Lipinski definition) is 4. The van der Waals surface area contributed by atoms with Gasteiger partial charge in [-0.05, 0) is 6.92 Å². The third-order valence-electron chi connectivity index (χ3n) is 1.44. The average molecular weight is 187 g/mol. The van der Waals surface area contributed by atoms with E-state index >= 15 is 0 Å². The number of methoxy groups -OCH3 is 1. The molecule has 12 heavy (non-hydrogen) atoms. The summed E-state index contributed by atoms with van der Waals surface area (Å²) in [4.78, 5) is 4.24. The fraction of sp³-hybridized carbons (Fsp3) is 0.625. The number of ether oxygens (including phenoxy) is 1. The molecule has 68 valence electrons. The summed E-state index contributed by atoms with van der Waals surface area (Å²) in [7, 11) is 1.58. The first-order valence-corrected chi connectivity index (χ1v) is 4.68. The number of aromatic nitrogens is 1. The fourth-order valence-electron chi connectivity index (χ4n) is 0.949. The van der Waals surface area contributed by atoms with Crippen LogP contribution in [-0.2, 0) is 11.2 Å². The minimum atomic E-state index is -0.430. The van der Waals surface area contributed by atoms with E-state index in [1.54, 1.807) is 18.4 Å². The summed E-state index contributed by atoms with van der Waals surface area (Å²) in [5.41, 5.74) is 1.01. The molecule has 1 aromatic heterocycles. The molecule has 0 aliphatic carbocycles. The van der Waals surface area contributed by atoms with Crippen LogP contribution in [0.3, 0.4) is 0 Å². The van der Waals surface area contributed by atoms with Crippen molar-refractivity contribution >= 4 is 11.3 Å². The van der Waals surface area contributed by atoms with Gasteiger partial charge in [-0.2, -0.15) is 0 Å². The molecule has 1 aromatic rings. The first-order chi connectivity index (χ1) is 5.72. The van der Waals surface area contributed by atoms with Crippen molar-refractivity contribution in [3.63, 3.8) is 0 Å². The monoisotopic (exact) mass is 187 g/mol. The zero-order chi connectivity index (χ0) is 8.97. The topological polar surface area (TPSA) is 42.4 Å². The fourth-order valence-corrected chi connectivity index (χ4v) is 1.79. The second-order valence-electron chi connectivity index (χ2n) is 2.70. The molecule has 0 saturated heterocycles. The average Bonchev–Trinajstić information content (AvgIpc) is 2.36. The van der Waals surface area contributed by atoms with E-state index in [9.17, 15) is 5.11 Å². The van der Waals surface area contributed by atoms with Crippen molar-refractivity contribution in [1.29, 1.82) is 0 Å². The Labute approximate surface area is 76.0 Å². The lowest BCUT2D eigenvalue weighted by Crippen LogP contribution is -2.16. The molecule has 1 atom stereocenters. The number of hydrogen-bond donors (Lipinski definition) is 1. The Morgan fingerprint density at radius 2 is 2.50 bits per heavy atom. The maximum atomic E-state index is 9.35. The molecule has 4 heteroatoms. The van der Waals surface area contributed by atoms with Gasteiger partial charge >= 0.3 is 0 Å². The molecule has 1 rings (SSSR count). The minimum absolute atomic E-state index is 0.374. The zero-order valence-electron chi connectivity index (χ0n) is 7.28. The zero-order valence-corrected chi connectivity index (χ0v) is 8.10. The third kappa shape index (κ3) is 2.89. The maximum Gasteiger partial charge on any atom is 0.0954 e. The van der Waals surface area contributed by atoms with Crippen LogP contribution in [0.2, 0.25) is 0 Å². The largest absolute Gasteiger partial charge is 0.390 e. The van der Waals surface area contributed by atoms with Gasteiger partial charge in [-0.3, -0.25) is 0 Å². The smallest absolute Gasteiger partial charge is 0.0954 e. The van der Waals surface area contributed by atoms with E-state index in [0.717, 1.165) is 10.7 Å².